The van der Waals surface area contributed by atoms with Crippen LogP contribution in [0.4, 0.5) is 5.69 Å². The summed E-state index contributed by atoms with van der Waals surface area (Å²) in [6, 6.07) is 16.4. The van der Waals surface area contributed by atoms with Crippen molar-refractivity contribution >= 4 is 15.7 Å². The van der Waals surface area contributed by atoms with Gasteiger partial charge in [0.1, 0.15) is 0 Å². The molecule has 3 fully saturated rings. The summed E-state index contributed by atoms with van der Waals surface area (Å²) >= 11 is 0. The summed E-state index contributed by atoms with van der Waals surface area (Å²) in [4.78, 5) is 2.43. The summed E-state index contributed by atoms with van der Waals surface area (Å²) in [6.45, 7) is 5.04. The van der Waals surface area contributed by atoms with Gasteiger partial charge in [0.2, 0.25) is 10.0 Å². The van der Waals surface area contributed by atoms with E-state index < -0.39 is 15.6 Å². The Hall–Kier alpha value is -1.89. The molecule has 1 aliphatic heterocycles. The molecule has 6 heteroatoms. The van der Waals surface area contributed by atoms with Gasteiger partial charge in [0.05, 0.1) is 10.9 Å². The van der Waals surface area contributed by atoms with E-state index in [0.29, 0.717) is 17.5 Å². The van der Waals surface area contributed by atoms with Crippen LogP contribution in [-0.2, 0) is 28.3 Å². The highest BCUT2D eigenvalue weighted by Gasteiger charge is 2.66. The fourth-order valence-corrected chi connectivity index (χ4v) is 7.64. The number of piperidine rings is 1. The van der Waals surface area contributed by atoms with Crippen molar-refractivity contribution in [1.82, 2.24) is 4.90 Å². The van der Waals surface area contributed by atoms with Crippen molar-refractivity contribution in [2.75, 3.05) is 24.4 Å². The van der Waals surface area contributed by atoms with Gasteiger partial charge in [0.25, 0.3) is 0 Å². The zero-order valence-corrected chi connectivity index (χ0v) is 18.7. The maximum absolute atomic E-state index is 12.3. The number of benzene rings is 2. The van der Waals surface area contributed by atoms with Crippen LogP contribution >= 0.6 is 0 Å². The molecule has 164 valence electrons. The Labute approximate surface area is 184 Å². The summed E-state index contributed by atoms with van der Waals surface area (Å²) in [5.41, 5.74) is 3.92. The molecule has 2 aromatic rings. The van der Waals surface area contributed by atoms with Gasteiger partial charge in [-0.3, -0.25) is 9.62 Å². The van der Waals surface area contributed by atoms with Crippen LogP contribution in [0.15, 0.2) is 48.5 Å². The molecule has 2 aromatic carbocycles. The van der Waals surface area contributed by atoms with E-state index in [1.807, 2.05) is 18.2 Å². The minimum absolute atomic E-state index is 0.0960. The molecule has 1 heterocycles. The van der Waals surface area contributed by atoms with E-state index in [1.54, 1.807) is 0 Å². The van der Waals surface area contributed by atoms with Crippen molar-refractivity contribution in [1.29, 1.82) is 0 Å². The Balaban J connectivity index is 1.12. The van der Waals surface area contributed by atoms with E-state index in [9.17, 15) is 13.5 Å². The van der Waals surface area contributed by atoms with Crippen LogP contribution in [0.3, 0.4) is 0 Å². The van der Waals surface area contributed by atoms with Crippen molar-refractivity contribution < 1.29 is 13.5 Å². The minimum atomic E-state index is -3.24. The maximum atomic E-state index is 12.3. The molecule has 1 saturated heterocycles. The molecule has 3 aliphatic carbocycles. The van der Waals surface area contributed by atoms with Gasteiger partial charge in [0, 0.05) is 43.6 Å². The predicted octanol–water partition coefficient (Wildman–Crippen LogP) is 2.94. The van der Waals surface area contributed by atoms with Crippen molar-refractivity contribution in [3.05, 3.63) is 65.2 Å². The van der Waals surface area contributed by atoms with E-state index in [1.165, 1.54) is 16.7 Å². The van der Waals surface area contributed by atoms with E-state index >= 15 is 0 Å². The molecule has 3 atom stereocenters. The summed E-state index contributed by atoms with van der Waals surface area (Å²) in [5.74, 6) is 1.13. The number of anilines is 1. The SMILES string of the molecule is C[C@]1(c2cccc(NS(=O)(=O)C3CC3)c2)[C@@H]2CN(CC3(O)Cc4ccccc4C3)C[C@@H]21. The normalized spacial score (nSPS) is 31.3. The molecule has 2 N–H and O–H groups in total. The Morgan fingerprint density at radius 3 is 2.29 bits per heavy atom. The number of nitrogens with zero attached hydrogens (tertiary/aromatic N) is 1. The lowest BCUT2D eigenvalue weighted by atomic mass is 9.91. The zero-order valence-electron chi connectivity index (χ0n) is 17.9. The molecule has 4 aliphatic rings. The number of sulfonamides is 1. The quantitative estimate of drug-likeness (QED) is 0.728. The van der Waals surface area contributed by atoms with Gasteiger partial charge in [-0.2, -0.15) is 0 Å². The third-order valence-electron chi connectivity index (χ3n) is 8.21. The van der Waals surface area contributed by atoms with Gasteiger partial charge in [-0.05, 0) is 53.5 Å². The molecule has 6 rings (SSSR count). The first kappa shape index (κ1) is 19.8. The number of hydrogen-bond donors (Lipinski definition) is 2. The molecule has 2 saturated carbocycles. The van der Waals surface area contributed by atoms with Gasteiger partial charge in [-0.15, -0.1) is 0 Å². The van der Waals surface area contributed by atoms with Gasteiger partial charge in [-0.25, -0.2) is 8.42 Å². The average Bonchev–Trinajstić information content (AvgIpc) is 3.57. The van der Waals surface area contributed by atoms with Crippen LogP contribution in [-0.4, -0.2) is 48.9 Å². The first-order valence-corrected chi connectivity index (χ1v) is 13.0. The van der Waals surface area contributed by atoms with Crippen molar-refractivity contribution in [3.8, 4) is 0 Å². The van der Waals surface area contributed by atoms with Crippen LogP contribution in [0.25, 0.3) is 0 Å². The highest BCUT2D eigenvalue weighted by molar-refractivity contribution is 7.93. The second-order valence-electron chi connectivity index (χ2n) is 10.5. The molecule has 0 unspecified atom stereocenters. The average molecular weight is 439 g/mol. The van der Waals surface area contributed by atoms with Crippen LogP contribution in [0.1, 0.15) is 36.5 Å². The predicted molar refractivity (Wildman–Crippen MR) is 122 cm³/mol. The van der Waals surface area contributed by atoms with Gasteiger partial charge >= 0.3 is 0 Å². The molecular formula is C25H30N2O3S. The zero-order chi connectivity index (χ0) is 21.4. The van der Waals surface area contributed by atoms with Crippen LogP contribution in [0.2, 0.25) is 0 Å². The number of fused-ring (bicyclic) bond motifs is 2. The molecule has 0 bridgehead atoms. The minimum Gasteiger partial charge on any atom is -0.388 e. The number of likely N-dealkylation sites (tertiary alicyclic amines) is 1. The first-order valence-electron chi connectivity index (χ1n) is 11.4. The Morgan fingerprint density at radius 1 is 1.03 bits per heavy atom. The summed E-state index contributed by atoms with van der Waals surface area (Å²) in [7, 11) is -3.24. The van der Waals surface area contributed by atoms with E-state index in [-0.39, 0.29) is 10.7 Å². The first-order chi connectivity index (χ1) is 14.8. The molecule has 0 amide bonds. The number of hydrogen-bond acceptors (Lipinski definition) is 4. The van der Waals surface area contributed by atoms with E-state index in [4.69, 9.17) is 0 Å². The second kappa shape index (κ2) is 6.56. The topological polar surface area (TPSA) is 69.6 Å². The Kier molecular flexibility index (Phi) is 4.18. The fraction of sp³-hybridized carbons (Fsp3) is 0.520. The van der Waals surface area contributed by atoms with E-state index in [2.05, 4.69) is 46.9 Å². The molecule has 5 nitrogen and oxygen atoms in total. The summed E-state index contributed by atoms with van der Waals surface area (Å²) < 4.78 is 27.4. The van der Waals surface area contributed by atoms with Crippen molar-refractivity contribution in [2.24, 2.45) is 11.8 Å². The van der Waals surface area contributed by atoms with Crippen molar-refractivity contribution in [3.63, 3.8) is 0 Å². The van der Waals surface area contributed by atoms with Crippen LogP contribution < -0.4 is 4.72 Å². The number of rotatable bonds is 6. The number of nitrogens with one attached hydrogen (secondary N) is 1. The standard InChI is InChI=1S/C25H30N2O3S/c1-24(19-7-4-8-20(11-19)26-31(29,30)21-9-10-21)22-14-27(15-23(22)24)16-25(28)12-17-5-2-3-6-18(17)13-25/h2-8,11,21-23,26,28H,9-10,12-16H2,1H3/t22-,23+,24+. The van der Waals surface area contributed by atoms with Gasteiger partial charge < -0.3 is 5.11 Å². The largest absolute Gasteiger partial charge is 0.388 e. The summed E-state index contributed by atoms with van der Waals surface area (Å²) in [5, 5.41) is 11.0. The molecule has 0 spiro atoms. The molecule has 0 aromatic heterocycles. The molecule has 31 heavy (non-hydrogen) atoms. The van der Waals surface area contributed by atoms with Crippen LogP contribution in [0, 0.1) is 11.8 Å². The lowest BCUT2D eigenvalue weighted by Crippen LogP contribution is -2.44. The highest BCUT2D eigenvalue weighted by atomic mass is 32.2. The Morgan fingerprint density at radius 2 is 1.68 bits per heavy atom. The lowest BCUT2D eigenvalue weighted by molar-refractivity contribution is 0.0142. The smallest absolute Gasteiger partial charge is 0.235 e. The van der Waals surface area contributed by atoms with Gasteiger partial charge in [-0.1, -0.05) is 43.3 Å². The number of aliphatic hydroxyl groups is 1. The third kappa shape index (κ3) is 3.31. The second-order valence-corrected chi connectivity index (χ2v) is 12.4. The third-order valence-corrected chi connectivity index (χ3v) is 10.1. The van der Waals surface area contributed by atoms with Gasteiger partial charge in [0.15, 0.2) is 0 Å². The molecule has 0 radical (unpaired) electrons. The van der Waals surface area contributed by atoms with Crippen LogP contribution in [0.5, 0.6) is 0 Å². The fourth-order valence-electron chi connectivity index (χ4n) is 6.27. The monoisotopic (exact) mass is 438 g/mol. The molecular weight excluding hydrogens is 408 g/mol. The maximum Gasteiger partial charge on any atom is 0.235 e. The lowest BCUT2D eigenvalue weighted by Gasteiger charge is -2.31. The highest BCUT2D eigenvalue weighted by Crippen LogP contribution is 2.63. The summed E-state index contributed by atoms with van der Waals surface area (Å²) in [6.07, 6.45) is 3.03. The van der Waals surface area contributed by atoms with Crippen molar-refractivity contribution in [2.45, 2.75) is 48.9 Å². The number of β-amino-alcohol motifs (C(OH)–C–C–N with tert-alkyl or cyclic N) is 1. The van der Waals surface area contributed by atoms with E-state index in [0.717, 1.165) is 45.3 Å². The Bertz CT molecular complexity index is 1100.